The maximum Gasteiger partial charge on any atom is 0.263 e. The Morgan fingerprint density at radius 1 is 1.03 bits per heavy atom. The molecule has 5 rings (SSSR count). The number of ether oxygens (including phenoxy) is 6. The van der Waals surface area contributed by atoms with E-state index in [1.54, 1.807) is 19.2 Å². The van der Waals surface area contributed by atoms with E-state index in [9.17, 15) is 13.2 Å². The first-order chi connectivity index (χ1) is 17.4. The van der Waals surface area contributed by atoms with E-state index in [4.69, 9.17) is 28.4 Å². The van der Waals surface area contributed by atoms with Gasteiger partial charge < -0.3 is 33.7 Å². The average molecular weight is 556 g/mol. The topological polar surface area (TPSA) is 144 Å². The van der Waals surface area contributed by atoms with Crippen LogP contribution in [0.25, 0.3) is 0 Å². The molecule has 202 valence electrons. The maximum atomic E-state index is 12.4. The fourth-order valence-corrected chi connectivity index (χ4v) is 6.25. The highest BCUT2D eigenvalue weighted by atomic mass is 32.2. The lowest BCUT2D eigenvalue weighted by atomic mass is 9.99. The minimum atomic E-state index is -3.78. The Hall–Kier alpha value is -2.17. The van der Waals surface area contributed by atoms with E-state index in [1.807, 2.05) is 13.8 Å². The van der Waals surface area contributed by atoms with E-state index >= 15 is 0 Å². The Kier molecular flexibility index (Phi) is 7.04. The van der Waals surface area contributed by atoms with Gasteiger partial charge >= 0.3 is 0 Å². The molecule has 4 heterocycles. The Labute approximate surface area is 218 Å². The third-order valence-corrected chi connectivity index (χ3v) is 8.04. The largest absolute Gasteiger partial charge is 0.369 e. The normalized spacial score (nSPS) is 29.9. The van der Waals surface area contributed by atoms with Gasteiger partial charge in [-0.05, 0) is 52.0 Å². The second-order valence-corrected chi connectivity index (χ2v) is 12.3. The van der Waals surface area contributed by atoms with Crippen LogP contribution in [0.3, 0.4) is 0 Å². The summed E-state index contributed by atoms with van der Waals surface area (Å²) in [7, 11) is -3.78. The van der Waals surface area contributed by atoms with E-state index in [0.29, 0.717) is 5.69 Å². The second kappa shape index (κ2) is 9.85. The van der Waals surface area contributed by atoms with Crippen molar-refractivity contribution in [3.63, 3.8) is 0 Å². The van der Waals surface area contributed by atoms with Crippen molar-refractivity contribution >= 4 is 38.1 Å². The van der Waals surface area contributed by atoms with Crippen LogP contribution in [0.5, 0.6) is 0 Å². The number of hydrogen-bond donors (Lipinski definition) is 2. The third kappa shape index (κ3) is 5.96. The molecule has 5 unspecified atom stereocenters. The summed E-state index contributed by atoms with van der Waals surface area (Å²) in [5.74, 6) is -2.06. The van der Waals surface area contributed by atoms with Gasteiger partial charge in [-0.1, -0.05) is 0 Å². The van der Waals surface area contributed by atoms with E-state index in [2.05, 4.69) is 15.0 Å². The van der Waals surface area contributed by atoms with E-state index in [-0.39, 0.29) is 23.2 Å². The van der Waals surface area contributed by atoms with Crippen LogP contribution < -0.4 is 10.0 Å². The van der Waals surface area contributed by atoms with E-state index in [0.717, 1.165) is 0 Å². The molecule has 3 fully saturated rings. The molecule has 37 heavy (non-hydrogen) atoms. The van der Waals surface area contributed by atoms with Crippen molar-refractivity contribution in [3.05, 3.63) is 35.8 Å². The number of fused-ring (bicyclic) bond motifs is 3. The number of rotatable bonds is 8. The van der Waals surface area contributed by atoms with Crippen molar-refractivity contribution in [1.82, 2.24) is 4.98 Å². The summed E-state index contributed by atoms with van der Waals surface area (Å²) in [5, 5.41) is 4.62. The molecule has 3 saturated heterocycles. The molecule has 12 nitrogen and oxygen atoms in total. The number of nitrogens with zero attached hydrogens (tertiary/aromatic N) is 1. The molecule has 5 atom stereocenters. The predicted molar refractivity (Wildman–Crippen MR) is 131 cm³/mol. The second-order valence-electron chi connectivity index (χ2n) is 9.74. The van der Waals surface area contributed by atoms with Crippen LogP contribution >= 0.6 is 11.3 Å². The molecule has 0 radical (unpaired) electrons. The highest BCUT2D eigenvalue weighted by molar-refractivity contribution is 7.93. The quantitative estimate of drug-likeness (QED) is 0.498. The number of nitrogens with one attached hydrogen (secondary N) is 2. The number of sulfonamides is 1. The summed E-state index contributed by atoms with van der Waals surface area (Å²) >= 11 is 1.17. The number of benzene rings is 1. The molecule has 1 aromatic carbocycles. The lowest BCUT2D eigenvalue weighted by Gasteiger charge is -2.37. The van der Waals surface area contributed by atoms with Crippen molar-refractivity contribution < 1.29 is 41.6 Å². The molecule has 0 saturated carbocycles. The lowest BCUT2D eigenvalue weighted by molar-refractivity contribution is -0.242. The fraction of sp³-hybridized carbons (Fsp3) is 0.565. The number of thiazole rings is 1. The van der Waals surface area contributed by atoms with Gasteiger partial charge in [0.25, 0.3) is 10.0 Å². The minimum Gasteiger partial charge on any atom is -0.369 e. The number of hydrogen-bond acceptors (Lipinski definition) is 11. The number of anilines is 2. The van der Waals surface area contributed by atoms with Crippen molar-refractivity contribution in [2.45, 2.75) is 74.9 Å². The van der Waals surface area contributed by atoms with Gasteiger partial charge in [0, 0.05) is 17.3 Å². The van der Waals surface area contributed by atoms with Crippen LogP contribution in [0.1, 0.15) is 27.7 Å². The Bertz CT molecular complexity index is 1220. The van der Waals surface area contributed by atoms with Crippen LogP contribution in [0.4, 0.5) is 10.8 Å². The molecule has 1 amide bonds. The van der Waals surface area contributed by atoms with Gasteiger partial charge in [-0.3, -0.25) is 9.52 Å². The van der Waals surface area contributed by atoms with Gasteiger partial charge in [0.2, 0.25) is 5.91 Å². The molecule has 1 aromatic heterocycles. The molecule has 0 bridgehead atoms. The van der Waals surface area contributed by atoms with Crippen molar-refractivity contribution in [2.24, 2.45) is 0 Å². The molecule has 14 heteroatoms. The summed E-state index contributed by atoms with van der Waals surface area (Å²) in [6.07, 6.45) is -0.970. The predicted octanol–water partition coefficient (Wildman–Crippen LogP) is 2.30. The van der Waals surface area contributed by atoms with Crippen LogP contribution in [0.15, 0.2) is 40.7 Å². The van der Waals surface area contributed by atoms with E-state index in [1.165, 1.54) is 41.8 Å². The van der Waals surface area contributed by atoms with Gasteiger partial charge in [-0.15, -0.1) is 11.3 Å². The zero-order valence-corrected chi connectivity index (χ0v) is 22.3. The van der Waals surface area contributed by atoms with Crippen molar-refractivity contribution in [1.29, 1.82) is 0 Å². The Balaban J connectivity index is 1.14. The molecular weight excluding hydrogens is 526 g/mol. The molecule has 0 spiro atoms. The summed E-state index contributed by atoms with van der Waals surface area (Å²) in [6, 6.07) is 5.77. The number of amides is 1. The lowest BCUT2D eigenvalue weighted by Crippen LogP contribution is -2.56. The molecule has 2 N–H and O–H groups in total. The van der Waals surface area contributed by atoms with Gasteiger partial charge in [0.15, 0.2) is 23.0 Å². The molecule has 0 aliphatic carbocycles. The number of carbonyl (C=O) groups is 1. The van der Waals surface area contributed by atoms with Gasteiger partial charge in [0.1, 0.15) is 31.0 Å². The minimum absolute atomic E-state index is 0.0438. The smallest absolute Gasteiger partial charge is 0.263 e. The maximum absolute atomic E-state index is 12.4. The molecule has 3 aliphatic rings. The SMILES string of the molecule is CC1(C)OC2OC(COCC(=O)Nc3ccc(S(=O)(=O)Nc4nccs4)cc3)C3OC(C)(C)OC3C2O1. The van der Waals surface area contributed by atoms with Gasteiger partial charge in [-0.2, -0.15) is 0 Å². The summed E-state index contributed by atoms with van der Waals surface area (Å²) < 4.78 is 62.9. The Morgan fingerprint density at radius 3 is 2.41 bits per heavy atom. The first-order valence-corrected chi connectivity index (χ1v) is 14.0. The first-order valence-electron chi connectivity index (χ1n) is 11.7. The molecular formula is C23H29N3O9S2. The molecule has 2 aromatic rings. The van der Waals surface area contributed by atoms with E-state index < -0.39 is 58.2 Å². The highest BCUT2D eigenvalue weighted by Gasteiger charge is 2.60. The van der Waals surface area contributed by atoms with Crippen LogP contribution in [0, 0.1) is 0 Å². The number of carbonyl (C=O) groups excluding carboxylic acids is 1. The summed E-state index contributed by atoms with van der Waals surface area (Å²) in [4.78, 5) is 16.4. The fourth-order valence-electron chi connectivity index (χ4n) is 4.46. The van der Waals surface area contributed by atoms with Crippen molar-refractivity contribution in [2.75, 3.05) is 23.3 Å². The third-order valence-electron chi connectivity index (χ3n) is 5.87. The van der Waals surface area contributed by atoms with Crippen LogP contribution in [-0.2, 0) is 43.2 Å². The summed E-state index contributed by atoms with van der Waals surface area (Å²) in [6.45, 7) is 7.07. The Morgan fingerprint density at radius 2 is 1.70 bits per heavy atom. The van der Waals surface area contributed by atoms with Gasteiger partial charge in [0.05, 0.1) is 11.5 Å². The van der Waals surface area contributed by atoms with Crippen LogP contribution in [-0.4, -0.2) is 74.8 Å². The first kappa shape index (κ1) is 26.4. The number of aromatic nitrogens is 1. The standard InChI is InChI=1S/C23H29N3O9S2/c1-22(2)32-17-15(31-20-19(18(17)33-22)34-23(3,4)35-20)11-30-12-16(27)25-13-5-7-14(8-6-13)37(28,29)26-21-24-9-10-36-21/h5-10,15,17-20H,11-12H2,1-4H3,(H,24,26)(H,25,27). The monoisotopic (exact) mass is 555 g/mol. The van der Waals surface area contributed by atoms with Crippen molar-refractivity contribution in [3.8, 4) is 0 Å². The zero-order chi connectivity index (χ0) is 26.4. The average Bonchev–Trinajstić information content (AvgIpc) is 3.50. The highest BCUT2D eigenvalue weighted by Crippen LogP contribution is 2.44. The zero-order valence-electron chi connectivity index (χ0n) is 20.7. The van der Waals surface area contributed by atoms with Gasteiger partial charge in [-0.25, -0.2) is 13.4 Å². The summed E-state index contributed by atoms with van der Waals surface area (Å²) in [5.41, 5.74) is 0.423. The molecule has 3 aliphatic heterocycles. The van der Waals surface area contributed by atoms with Crippen LogP contribution in [0.2, 0.25) is 0 Å².